The molecule has 0 radical (unpaired) electrons. The zero-order valence-electron chi connectivity index (χ0n) is 9.63. The van der Waals surface area contributed by atoms with Gasteiger partial charge in [-0.1, -0.05) is 0 Å². The molecule has 0 aromatic carbocycles. The van der Waals surface area contributed by atoms with Crippen molar-refractivity contribution in [2.75, 3.05) is 30.6 Å². The molecule has 1 aliphatic heterocycles. The van der Waals surface area contributed by atoms with Crippen molar-refractivity contribution >= 4 is 21.5 Å². The van der Waals surface area contributed by atoms with Crippen LogP contribution >= 0.6 is 0 Å². The van der Waals surface area contributed by atoms with Crippen molar-refractivity contribution in [1.82, 2.24) is 9.88 Å². The van der Waals surface area contributed by atoms with Crippen LogP contribution in [0.5, 0.6) is 0 Å². The topological polar surface area (TPSA) is 88.3 Å². The van der Waals surface area contributed by atoms with Gasteiger partial charge in [0.1, 0.15) is 5.82 Å². The molecule has 1 atom stereocenters. The van der Waals surface area contributed by atoms with E-state index in [2.05, 4.69) is 9.71 Å². The Kier molecular flexibility index (Phi) is 3.21. The van der Waals surface area contributed by atoms with Crippen molar-refractivity contribution in [3.8, 4) is 0 Å². The molecular weight excluding hydrogens is 240 g/mol. The Morgan fingerprint density at radius 3 is 2.82 bits per heavy atom. The van der Waals surface area contributed by atoms with Gasteiger partial charge in [-0.25, -0.2) is 13.4 Å². The minimum Gasteiger partial charge on any atom is -0.397 e. The molecule has 0 spiro atoms. The Morgan fingerprint density at radius 1 is 1.53 bits per heavy atom. The standard InChI is InChI=1S/C10H16N4O2S/c1-14-5-4-9(7-14)17(15,16)13-10-3-2-8(11)6-12-10/h2-3,6,9H,4-5,7,11H2,1H3,(H,12,13). The number of anilines is 2. The number of nitrogens with zero attached hydrogens (tertiary/aromatic N) is 2. The molecule has 2 rings (SSSR count). The van der Waals surface area contributed by atoms with Gasteiger partial charge in [-0.3, -0.25) is 4.72 Å². The first kappa shape index (κ1) is 12.1. The maximum atomic E-state index is 12.0. The molecule has 17 heavy (non-hydrogen) atoms. The Bertz CT molecular complexity index is 486. The molecule has 1 unspecified atom stereocenters. The minimum absolute atomic E-state index is 0.314. The maximum Gasteiger partial charge on any atom is 0.238 e. The molecule has 6 nitrogen and oxygen atoms in total. The molecule has 1 saturated heterocycles. The number of nitrogens with two attached hydrogens (primary N) is 1. The van der Waals surface area contributed by atoms with E-state index in [0.29, 0.717) is 24.5 Å². The van der Waals surface area contributed by atoms with E-state index in [0.717, 1.165) is 6.54 Å². The van der Waals surface area contributed by atoms with Gasteiger partial charge in [0, 0.05) is 6.54 Å². The molecule has 0 saturated carbocycles. The van der Waals surface area contributed by atoms with Crippen LogP contribution in [0.1, 0.15) is 6.42 Å². The molecule has 1 aromatic heterocycles. The third-order valence-electron chi connectivity index (χ3n) is 2.82. The smallest absolute Gasteiger partial charge is 0.238 e. The van der Waals surface area contributed by atoms with Crippen LogP contribution in [0.2, 0.25) is 0 Å². The Balaban J connectivity index is 2.09. The third-order valence-corrected chi connectivity index (χ3v) is 4.58. The first-order valence-electron chi connectivity index (χ1n) is 5.39. The Hall–Kier alpha value is -1.34. The van der Waals surface area contributed by atoms with E-state index in [-0.39, 0.29) is 5.25 Å². The predicted octanol–water partition coefficient (Wildman–Crippen LogP) is 0.110. The minimum atomic E-state index is -3.35. The molecule has 2 heterocycles. The predicted molar refractivity (Wildman–Crippen MR) is 67.1 cm³/mol. The van der Waals surface area contributed by atoms with Crippen molar-refractivity contribution in [3.05, 3.63) is 18.3 Å². The quantitative estimate of drug-likeness (QED) is 0.801. The van der Waals surface area contributed by atoms with Crippen molar-refractivity contribution < 1.29 is 8.42 Å². The average Bonchev–Trinajstić information content (AvgIpc) is 2.69. The summed E-state index contributed by atoms with van der Waals surface area (Å²) < 4.78 is 26.5. The number of rotatable bonds is 3. The van der Waals surface area contributed by atoms with E-state index in [1.165, 1.54) is 6.20 Å². The fraction of sp³-hybridized carbons (Fsp3) is 0.500. The van der Waals surface area contributed by atoms with Gasteiger partial charge in [0.05, 0.1) is 17.1 Å². The highest BCUT2D eigenvalue weighted by Crippen LogP contribution is 2.18. The monoisotopic (exact) mass is 256 g/mol. The molecule has 7 heteroatoms. The van der Waals surface area contributed by atoms with Crippen LogP contribution in [0.3, 0.4) is 0 Å². The fourth-order valence-electron chi connectivity index (χ4n) is 1.84. The normalized spacial score (nSPS) is 21.6. The van der Waals surface area contributed by atoms with Gasteiger partial charge in [-0.15, -0.1) is 0 Å². The van der Waals surface area contributed by atoms with Crippen LogP contribution in [-0.2, 0) is 10.0 Å². The largest absolute Gasteiger partial charge is 0.397 e. The van der Waals surface area contributed by atoms with Gasteiger partial charge >= 0.3 is 0 Å². The number of hydrogen-bond donors (Lipinski definition) is 2. The Labute approximate surface area is 101 Å². The molecule has 3 N–H and O–H groups in total. The zero-order chi connectivity index (χ0) is 12.5. The molecule has 1 aliphatic rings. The Morgan fingerprint density at radius 2 is 2.29 bits per heavy atom. The highest BCUT2D eigenvalue weighted by atomic mass is 32.2. The van der Waals surface area contributed by atoms with Gasteiger partial charge in [0.25, 0.3) is 0 Å². The summed E-state index contributed by atoms with van der Waals surface area (Å²) in [6, 6.07) is 3.18. The highest BCUT2D eigenvalue weighted by molar-refractivity contribution is 7.93. The van der Waals surface area contributed by atoms with Gasteiger partial charge < -0.3 is 10.6 Å². The summed E-state index contributed by atoms with van der Waals surface area (Å²) in [5.41, 5.74) is 5.99. The lowest BCUT2D eigenvalue weighted by molar-refractivity contribution is 0.417. The second-order valence-electron chi connectivity index (χ2n) is 4.30. The molecule has 1 aromatic rings. The summed E-state index contributed by atoms with van der Waals surface area (Å²) >= 11 is 0. The number of pyridine rings is 1. The number of nitrogen functional groups attached to an aromatic ring is 1. The number of likely N-dealkylation sites (tertiary alicyclic amines) is 1. The highest BCUT2D eigenvalue weighted by Gasteiger charge is 2.31. The first-order valence-corrected chi connectivity index (χ1v) is 6.94. The van der Waals surface area contributed by atoms with Crippen LogP contribution in [0, 0.1) is 0 Å². The van der Waals surface area contributed by atoms with E-state index >= 15 is 0 Å². The summed E-state index contributed by atoms with van der Waals surface area (Å²) in [6.07, 6.45) is 2.08. The molecular formula is C10H16N4O2S. The van der Waals surface area contributed by atoms with Crippen LogP contribution in [-0.4, -0.2) is 43.7 Å². The van der Waals surface area contributed by atoms with Gasteiger partial charge in [0.15, 0.2) is 0 Å². The molecule has 0 aliphatic carbocycles. The number of nitrogens with one attached hydrogen (secondary N) is 1. The second kappa shape index (κ2) is 4.50. The summed E-state index contributed by atoms with van der Waals surface area (Å²) in [7, 11) is -1.44. The van der Waals surface area contributed by atoms with Crippen molar-refractivity contribution in [1.29, 1.82) is 0 Å². The maximum absolute atomic E-state index is 12.0. The van der Waals surface area contributed by atoms with E-state index in [9.17, 15) is 8.42 Å². The first-order chi connectivity index (χ1) is 7.97. The lowest BCUT2D eigenvalue weighted by Gasteiger charge is -2.13. The van der Waals surface area contributed by atoms with Crippen molar-refractivity contribution in [2.24, 2.45) is 0 Å². The van der Waals surface area contributed by atoms with E-state index < -0.39 is 10.0 Å². The lowest BCUT2D eigenvalue weighted by atomic mass is 10.4. The summed E-state index contributed by atoms with van der Waals surface area (Å²) in [6.45, 7) is 1.37. The van der Waals surface area contributed by atoms with Gasteiger partial charge in [-0.2, -0.15) is 0 Å². The second-order valence-corrected chi connectivity index (χ2v) is 6.26. The lowest BCUT2D eigenvalue weighted by Crippen LogP contribution is -2.30. The zero-order valence-corrected chi connectivity index (χ0v) is 10.4. The van der Waals surface area contributed by atoms with Crippen LogP contribution in [0.25, 0.3) is 0 Å². The molecule has 1 fully saturated rings. The molecule has 94 valence electrons. The van der Waals surface area contributed by atoms with Crippen LogP contribution < -0.4 is 10.5 Å². The SMILES string of the molecule is CN1CCC(S(=O)(=O)Nc2ccc(N)cn2)C1. The molecule has 0 amide bonds. The number of sulfonamides is 1. The number of aromatic nitrogens is 1. The van der Waals surface area contributed by atoms with E-state index in [1.807, 2.05) is 11.9 Å². The van der Waals surface area contributed by atoms with Crippen LogP contribution in [0.15, 0.2) is 18.3 Å². The number of hydrogen-bond acceptors (Lipinski definition) is 5. The summed E-state index contributed by atoms with van der Waals surface area (Å²) in [5.74, 6) is 0.314. The fourth-order valence-corrected chi connectivity index (χ4v) is 3.29. The third kappa shape index (κ3) is 2.86. The average molecular weight is 256 g/mol. The molecule has 0 bridgehead atoms. The van der Waals surface area contributed by atoms with Crippen molar-refractivity contribution in [3.63, 3.8) is 0 Å². The summed E-state index contributed by atoms with van der Waals surface area (Å²) in [5, 5.41) is -0.369. The van der Waals surface area contributed by atoms with Crippen LogP contribution in [0.4, 0.5) is 11.5 Å². The summed E-state index contributed by atoms with van der Waals surface area (Å²) in [4.78, 5) is 5.93. The van der Waals surface area contributed by atoms with E-state index in [4.69, 9.17) is 5.73 Å². The van der Waals surface area contributed by atoms with E-state index in [1.54, 1.807) is 12.1 Å². The van der Waals surface area contributed by atoms with Gasteiger partial charge in [-0.05, 0) is 32.1 Å². The van der Waals surface area contributed by atoms with Gasteiger partial charge in [0.2, 0.25) is 10.0 Å². The van der Waals surface area contributed by atoms with Crippen molar-refractivity contribution in [2.45, 2.75) is 11.7 Å².